The molecule has 0 aliphatic rings. The van der Waals surface area contributed by atoms with E-state index in [0.717, 1.165) is 11.1 Å². The number of aromatic amines is 1. The molecule has 5 heteroatoms. The molecule has 0 aliphatic carbocycles. The highest BCUT2D eigenvalue weighted by Crippen LogP contribution is 2.20. The van der Waals surface area contributed by atoms with E-state index in [-0.39, 0.29) is 0 Å². The highest BCUT2D eigenvalue weighted by Gasteiger charge is 2.06. The summed E-state index contributed by atoms with van der Waals surface area (Å²) in [5, 5.41) is 23.1. The molecule has 0 aliphatic heterocycles. The van der Waals surface area contributed by atoms with Crippen molar-refractivity contribution in [2.24, 2.45) is 0 Å². The summed E-state index contributed by atoms with van der Waals surface area (Å²) in [5.74, 6) is 0.508. The summed E-state index contributed by atoms with van der Waals surface area (Å²) in [5.41, 5.74) is 1.56. The molecule has 5 nitrogen and oxygen atoms in total. The predicted octanol–water partition coefficient (Wildman–Crippen LogP) is 1.09. The summed E-state index contributed by atoms with van der Waals surface area (Å²) in [7, 11) is 0. The summed E-state index contributed by atoms with van der Waals surface area (Å²) >= 11 is 0. The lowest BCUT2D eigenvalue weighted by Crippen LogP contribution is -1.93. The van der Waals surface area contributed by atoms with Crippen LogP contribution in [0, 0.1) is 0 Å². The van der Waals surface area contributed by atoms with Gasteiger partial charge in [-0.1, -0.05) is 24.3 Å². The SMILES string of the molecule is C=CC(O)c1cccc(-c2nn[nH]n2)c1. The highest BCUT2D eigenvalue weighted by molar-refractivity contribution is 5.55. The zero-order valence-corrected chi connectivity index (χ0v) is 7.96. The van der Waals surface area contributed by atoms with Gasteiger partial charge in [-0.3, -0.25) is 0 Å². The van der Waals surface area contributed by atoms with Crippen molar-refractivity contribution in [1.82, 2.24) is 20.6 Å². The highest BCUT2D eigenvalue weighted by atomic mass is 16.3. The fraction of sp³-hybridized carbons (Fsp3) is 0.100. The molecule has 1 aromatic carbocycles. The number of nitrogens with one attached hydrogen (secondary N) is 1. The molecule has 1 aromatic heterocycles. The van der Waals surface area contributed by atoms with Gasteiger partial charge in [0.2, 0.25) is 5.82 Å². The van der Waals surface area contributed by atoms with E-state index in [9.17, 15) is 5.11 Å². The third-order valence-electron chi connectivity index (χ3n) is 2.05. The summed E-state index contributed by atoms with van der Waals surface area (Å²) in [6, 6.07) is 7.30. The Morgan fingerprint density at radius 3 is 3.00 bits per heavy atom. The first kappa shape index (κ1) is 9.54. The monoisotopic (exact) mass is 202 g/mol. The Hall–Kier alpha value is -2.01. The topological polar surface area (TPSA) is 74.7 Å². The zero-order chi connectivity index (χ0) is 10.7. The first-order chi connectivity index (χ1) is 7.31. The number of aromatic nitrogens is 4. The summed E-state index contributed by atoms with van der Waals surface area (Å²) in [4.78, 5) is 0. The van der Waals surface area contributed by atoms with Crippen LogP contribution in [0.3, 0.4) is 0 Å². The summed E-state index contributed by atoms with van der Waals surface area (Å²) in [6.45, 7) is 3.53. The van der Waals surface area contributed by atoms with Crippen LogP contribution in [0.15, 0.2) is 36.9 Å². The molecule has 1 atom stereocenters. The van der Waals surface area contributed by atoms with E-state index in [1.165, 1.54) is 6.08 Å². The maximum Gasteiger partial charge on any atom is 0.204 e. The number of benzene rings is 1. The largest absolute Gasteiger partial charge is 0.384 e. The molecule has 0 saturated carbocycles. The Bertz CT molecular complexity index is 452. The van der Waals surface area contributed by atoms with Crippen molar-refractivity contribution in [2.45, 2.75) is 6.10 Å². The number of aliphatic hydroxyl groups excluding tert-OH is 1. The lowest BCUT2D eigenvalue weighted by Gasteiger charge is -2.05. The maximum absolute atomic E-state index is 9.57. The third kappa shape index (κ3) is 1.92. The van der Waals surface area contributed by atoms with Gasteiger partial charge in [0.15, 0.2) is 0 Å². The van der Waals surface area contributed by atoms with E-state index >= 15 is 0 Å². The average molecular weight is 202 g/mol. The molecule has 2 aromatic rings. The van der Waals surface area contributed by atoms with Crippen LogP contribution in [0.4, 0.5) is 0 Å². The molecule has 0 amide bonds. The predicted molar refractivity (Wildman–Crippen MR) is 54.8 cm³/mol. The van der Waals surface area contributed by atoms with Gasteiger partial charge in [-0.25, -0.2) is 0 Å². The van der Waals surface area contributed by atoms with Crippen LogP contribution in [-0.2, 0) is 0 Å². The number of tetrazole rings is 1. The van der Waals surface area contributed by atoms with Gasteiger partial charge in [0.25, 0.3) is 0 Å². The van der Waals surface area contributed by atoms with Gasteiger partial charge in [-0.2, -0.15) is 5.21 Å². The Kier molecular flexibility index (Phi) is 2.55. The van der Waals surface area contributed by atoms with Crippen LogP contribution < -0.4 is 0 Å². The quantitative estimate of drug-likeness (QED) is 0.730. The molecule has 2 N–H and O–H groups in total. The van der Waals surface area contributed by atoms with Crippen LogP contribution in [0.25, 0.3) is 11.4 Å². The second-order valence-corrected chi connectivity index (χ2v) is 3.04. The normalized spacial score (nSPS) is 12.3. The van der Waals surface area contributed by atoms with E-state index in [2.05, 4.69) is 27.2 Å². The molecule has 15 heavy (non-hydrogen) atoms. The van der Waals surface area contributed by atoms with E-state index in [0.29, 0.717) is 5.82 Å². The van der Waals surface area contributed by atoms with Gasteiger partial charge < -0.3 is 5.11 Å². The fourth-order valence-corrected chi connectivity index (χ4v) is 1.28. The Labute approximate surface area is 86.5 Å². The number of hydrogen-bond acceptors (Lipinski definition) is 4. The Morgan fingerprint density at radius 1 is 1.47 bits per heavy atom. The van der Waals surface area contributed by atoms with Crippen molar-refractivity contribution in [3.05, 3.63) is 42.5 Å². The Balaban J connectivity index is 2.39. The van der Waals surface area contributed by atoms with Crippen molar-refractivity contribution in [1.29, 1.82) is 0 Å². The minimum absolute atomic E-state index is 0.508. The molecule has 0 spiro atoms. The first-order valence-corrected chi connectivity index (χ1v) is 4.45. The number of hydrogen-bond donors (Lipinski definition) is 2. The van der Waals surface area contributed by atoms with Crippen LogP contribution in [-0.4, -0.2) is 25.7 Å². The molecule has 0 bridgehead atoms. The second-order valence-electron chi connectivity index (χ2n) is 3.04. The van der Waals surface area contributed by atoms with Crippen molar-refractivity contribution in [2.75, 3.05) is 0 Å². The molecule has 1 heterocycles. The lowest BCUT2D eigenvalue weighted by molar-refractivity contribution is 0.229. The third-order valence-corrected chi connectivity index (χ3v) is 2.05. The van der Waals surface area contributed by atoms with E-state index in [1.807, 2.05) is 18.2 Å². The molecular formula is C10H10N4O. The second kappa shape index (κ2) is 4.02. The standard InChI is InChI=1S/C10H10N4O/c1-2-9(15)7-4-3-5-8(6-7)10-11-13-14-12-10/h2-6,9,15H,1H2,(H,11,12,13,14). The smallest absolute Gasteiger partial charge is 0.204 e. The maximum atomic E-state index is 9.57. The number of nitrogens with zero attached hydrogens (tertiary/aromatic N) is 3. The van der Waals surface area contributed by atoms with Crippen molar-refractivity contribution >= 4 is 0 Å². The van der Waals surface area contributed by atoms with Crippen molar-refractivity contribution in [3.63, 3.8) is 0 Å². The minimum Gasteiger partial charge on any atom is -0.384 e. The summed E-state index contributed by atoms with van der Waals surface area (Å²) < 4.78 is 0. The number of rotatable bonds is 3. The van der Waals surface area contributed by atoms with Crippen LogP contribution in [0.1, 0.15) is 11.7 Å². The number of aliphatic hydroxyl groups is 1. The Morgan fingerprint density at radius 2 is 2.33 bits per heavy atom. The molecule has 2 rings (SSSR count). The molecule has 0 fully saturated rings. The van der Waals surface area contributed by atoms with Gasteiger partial charge in [-0.05, 0) is 16.8 Å². The minimum atomic E-state index is -0.670. The van der Waals surface area contributed by atoms with Gasteiger partial charge in [0.1, 0.15) is 0 Å². The lowest BCUT2D eigenvalue weighted by atomic mass is 10.1. The van der Waals surface area contributed by atoms with Gasteiger partial charge in [0, 0.05) is 5.56 Å². The van der Waals surface area contributed by atoms with Gasteiger partial charge in [0.05, 0.1) is 6.10 Å². The summed E-state index contributed by atoms with van der Waals surface area (Å²) in [6.07, 6.45) is 0.798. The van der Waals surface area contributed by atoms with Crippen LogP contribution in [0.2, 0.25) is 0 Å². The average Bonchev–Trinajstić information content (AvgIpc) is 2.82. The number of H-pyrrole nitrogens is 1. The first-order valence-electron chi connectivity index (χ1n) is 4.45. The molecule has 0 radical (unpaired) electrons. The van der Waals surface area contributed by atoms with E-state index in [1.54, 1.807) is 6.07 Å². The van der Waals surface area contributed by atoms with Crippen molar-refractivity contribution in [3.8, 4) is 11.4 Å². The molecule has 1 unspecified atom stereocenters. The van der Waals surface area contributed by atoms with Gasteiger partial charge >= 0.3 is 0 Å². The molecular weight excluding hydrogens is 192 g/mol. The van der Waals surface area contributed by atoms with Crippen LogP contribution in [0.5, 0.6) is 0 Å². The van der Waals surface area contributed by atoms with Gasteiger partial charge in [-0.15, -0.1) is 16.8 Å². The van der Waals surface area contributed by atoms with Crippen molar-refractivity contribution < 1.29 is 5.11 Å². The molecule has 76 valence electrons. The molecule has 0 saturated heterocycles. The van der Waals surface area contributed by atoms with E-state index < -0.39 is 6.10 Å². The fourth-order valence-electron chi connectivity index (χ4n) is 1.28. The van der Waals surface area contributed by atoms with E-state index in [4.69, 9.17) is 0 Å². The zero-order valence-electron chi connectivity index (χ0n) is 7.96. The van der Waals surface area contributed by atoms with Crippen LogP contribution >= 0.6 is 0 Å².